The molecular formula is C18H15N3O2. The van der Waals surface area contributed by atoms with E-state index in [4.69, 9.17) is 0 Å². The van der Waals surface area contributed by atoms with Gasteiger partial charge < -0.3 is 4.98 Å². The molecule has 1 aliphatic heterocycles. The SMILES string of the molecule is O=C1[C@H]2[C@H](C(=O)N1/N=C\c1c[nH]c3ccccc13)[C@H]1C=C[C@H]2C1. The molecule has 3 aliphatic rings. The van der Waals surface area contributed by atoms with Crippen LogP contribution in [0.3, 0.4) is 0 Å². The van der Waals surface area contributed by atoms with Crippen LogP contribution in [0.25, 0.3) is 10.9 Å². The first-order valence-corrected chi connectivity index (χ1v) is 7.90. The van der Waals surface area contributed by atoms with Crippen molar-refractivity contribution in [3.05, 3.63) is 48.2 Å². The third-order valence-electron chi connectivity index (χ3n) is 5.38. The Labute approximate surface area is 132 Å². The summed E-state index contributed by atoms with van der Waals surface area (Å²) < 4.78 is 0. The Hall–Kier alpha value is -2.69. The lowest BCUT2D eigenvalue weighted by Gasteiger charge is -2.13. The van der Waals surface area contributed by atoms with Crippen LogP contribution in [0.15, 0.2) is 47.7 Å². The molecule has 1 saturated heterocycles. The minimum atomic E-state index is -0.197. The molecule has 2 fully saturated rings. The predicted octanol–water partition coefficient (Wildman–Crippen LogP) is 2.31. The van der Waals surface area contributed by atoms with Gasteiger partial charge in [0, 0.05) is 22.7 Å². The van der Waals surface area contributed by atoms with Gasteiger partial charge in [-0.05, 0) is 24.3 Å². The van der Waals surface area contributed by atoms with E-state index in [9.17, 15) is 9.59 Å². The Kier molecular flexibility index (Phi) is 2.46. The summed E-state index contributed by atoms with van der Waals surface area (Å²) in [7, 11) is 0. The second-order valence-corrected chi connectivity index (χ2v) is 6.52. The number of nitrogens with zero attached hydrogens (tertiary/aromatic N) is 2. The van der Waals surface area contributed by atoms with Gasteiger partial charge >= 0.3 is 0 Å². The van der Waals surface area contributed by atoms with E-state index in [1.807, 2.05) is 30.5 Å². The number of carbonyl (C=O) groups excluding carboxylic acids is 2. The van der Waals surface area contributed by atoms with E-state index in [-0.39, 0.29) is 35.5 Å². The molecule has 1 N–H and O–H groups in total. The van der Waals surface area contributed by atoms with Crippen molar-refractivity contribution < 1.29 is 9.59 Å². The van der Waals surface area contributed by atoms with E-state index in [1.165, 1.54) is 0 Å². The van der Waals surface area contributed by atoms with Crippen molar-refractivity contribution in [3.8, 4) is 0 Å². The zero-order valence-electron chi connectivity index (χ0n) is 12.3. The molecule has 5 rings (SSSR count). The van der Waals surface area contributed by atoms with Gasteiger partial charge in [0.05, 0.1) is 18.1 Å². The monoisotopic (exact) mass is 305 g/mol. The number of amides is 2. The second-order valence-electron chi connectivity index (χ2n) is 6.52. The molecule has 2 bridgehead atoms. The first-order chi connectivity index (χ1) is 11.2. The summed E-state index contributed by atoms with van der Waals surface area (Å²) >= 11 is 0. The van der Waals surface area contributed by atoms with Gasteiger partial charge in [-0.3, -0.25) is 9.59 Å². The van der Waals surface area contributed by atoms with Crippen LogP contribution >= 0.6 is 0 Å². The molecule has 1 aromatic heterocycles. The summed E-state index contributed by atoms with van der Waals surface area (Å²) in [5.74, 6) is -0.249. The molecule has 1 saturated carbocycles. The maximum Gasteiger partial charge on any atom is 0.254 e. The summed E-state index contributed by atoms with van der Waals surface area (Å²) in [5, 5.41) is 6.33. The van der Waals surface area contributed by atoms with Crippen LogP contribution in [-0.4, -0.2) is 28.0 Å². The first-order valence-electron chi connectivity index (χ1n) is 7.90. The third-order valence-corrected chi connectivity index (χ3v) is 5.38. The molecule has 0 spiro atoms. The number of allylic oxidation sites excluding steroid dienone is 2. The lowest BCUT2D eigenvalue weighted by atomic mass is 9.85. The quantitative estimate of drug-likeness (QED) is 0.525. The molecule has 2 amide bonds. The number of imide groups is 1. The minimum absolute atomic E-state index is 0.145. The van der Waals surface area contributed by atoms with Gasteiger partial charge in [-0.1, -0.05) is 30.4 Å². The Balaban J connectivity index is 1.47. The lowest BCUT2D eigenvalue weighted by Crippen LogP contribution is -2.28. The van der Waals surface area contributed by atoms with Crippen molar-refractivity contribution in [1.82, 2.24) is 9.99 Å². The average Bonchev–Trinajstić information content (AvgIpc) is 3.31. The van der Waals surface area contributed by atoms with Crippen LogP contribution in [0.5, 0.6) is 0 Å². The van der Waals surface area contributed by atoms with Crippen molar-refractivity contribution >= 4 is 28.9 Å². The molecule has 5 heteroatoms. The fraction of sp³-hybridized carbons (Fsp3) is 0.278. The van der Waals surface area contributed by atoms with E-state index >= 15 is 0 Å². The van der Waals surface area contributed by atoms with Gasteiger partial charge in [-0.15, -0.1) is 0 Å². The van der Waals surface area contributed by atoms with Crippen LogP contribution in [0.2, 0.25) is 0 Å². The fourth-order valence-corrected chi connectivity index (χ4v) is 4.32. The molecule has 2 aliphatic carbocycles. The van der Waals surface area contributed by atoms with E-state index in [1.54, 1.807) is 6.21 Å². The standard InChI is InChI=1S/C18H15N3O2/c22-17-15-10-5-6-11(7-10)16(15)18(23)21(17)20-9-12-8-19-14-4-2-1-3-13(12)14/h1-6,8-11,15-16,19H,7H2/b20-9-/t10-,11-,15+,16+/m0/s1. The molecule has 23 heavy (non-hydrogen) atoms. The van der Waals surface area contributed by atoms with Crippen LogP contribution in [-0.2, 0) is 9.59 Å². The van der Waals surface area contributed by atoms with Crippen molar-refractivity contribution in [2.24, 2.45) is 28.8 Å². The largest absolute Gasteiger partial charge is 0.361 e. The summed E-state index contributed by atoms with van der Waals surface area (Å²) in [6.45, 7) is 0. The van der Waals surface area contributed by atoms with Crippen molar-refractivity contribution in [1.29, 1.82) is 0 Å². The van der Waals surface area contributed by atoms with Gasteiger partial charge in [0.2, 0.25) is 0 Å². The molecule has 2 heterocycles. The Morgan fingerprint density at radius 2 is 1.78 bits per heavy atom. The number of aromatic amines is 1. The predicted molar refractivity (Wildman–Crippen MR) is 85.5 cm³/mol. The number of aromatic nitrogens is 1. The second kappa shape index (κ2) is 4.41. The third kappa shape index (κ3) is 1.64. The average molecular weight is 305 g/mol. The number of hydrogen-bond donors (Lipinski definition) is 1. The zero-order chi connectivity index (χ0) is 15.6. The number of hydrogen-bond acceptors (Lipinski definition) is 3. The van der Waals surface area contributed by atoms with Crippen LogP contribution in [0, 0.1) is 23.7 Å². The first kappa shape index (κ1) is 12.8. The zero-order valence-corrected chi connectivity index (χ0v) is 12.3. The highest BCUT2D eigenvalue weighted by atomic mass is 16.2. The summed E-state index contributed by atoms with van der Waals surface area (Å²) in [6, 6.07) is 7.87. The van der Waals surface area contributed by atoms with Crippen molar-refractivity contribution in [2.45, 2.75) is 6.42 Å². The number of benzene rings is 1. The Morgan fingerprint density at radius 3 is 2.52 bits per heavy atom. The molecule has 0 radical (unpaired) electrons. The smallest absolute Gasteiger partial charge is 0.254 e. The molecule has 2 aromatic rings. The number of carbonyl (C=O) groups is 2. The summed E-state index contributed by atoms with van der Waals surface area (Å²) in [5.41, 5.74) is 1.88. The van der Waals surface area contributed by atoms with Gasteiger partial charge in [-0.25, -0.2) is 0 Å². The molecule has 0 unspecified atom stereocenters. The highest BCUT2D eigenvalue weighted by molar-refractivity contribution is 6.07. The minimum Gasteiger partial charge on any atom is -0.361 e. The topological polar surface area (TPSA) is 65.5 Å². The number of nitrogens with one attached hydrogen (secondary N) is 1. The Morgan fingerprint density at radius 1 is 1.09 bits per heavy atom. The molecule has 114 valence electrons. The van der Waals surface area contributed by atoms with E-state index in [0.29, 0.717) is 0 Å². The van der Waals surface area contributed by atoms with Crippen molar-refractivity contribution in [2.75, 3.05) is 0 Å². The Bertz CT molecular complexity index is 865. The van der Waals surface area contributed by atoms with E-state index in [2.05, 4.69) is 22.2 Å². The summed E-state index contributed by atoms with van der Waals surface area (Å²) in [4.78, 5) is 28.3. The highest BCUT2D eigenvalue weighted by Crippen LogP contribution is 2.52. The van der Waals surface area contributed by atoms with E-state index < -0.39 is 0 Å². The molecular weight excluding hydrogens is 290 g/mol. The van der Waals surface area contributed by atoms with Gasteiger partial charge in [-0.2, -0.15) is 10.1 Å². The summed E-state index contributed by atoms with van der Waals surface area (Å²) in [6.07, 6.45) is 8.55. The highest BCUT2D eigenvalue weighted by Gasteiger charge is 2.59. The normalized spacial score (nSPS) is 31.9. The maximum atomic E-state index is 12.6. The molecule has 4 atom stereocenters. The molecule has 5 nitrogen and oxygen atoms in total. The van der Waals surface area contributed by atoms with E-state index in [0.717, 1.165) is 27.9 Å². The van der Waals surface area contributed by atoms with Crippen LogP contribution in [0.4, 0.5) is 0 Å². The number of rotatable bonds is 2. The van der Waals surface area contributed by atoms with Crippen LogP contribution in [0.1, 0.15) is 12.0 Å². The van der Waals surface area contributed by atoms with Gasteiger partial charge in [0.15, 0.2) is 0 Å². The fourth-order valence-electron chi connectivity index (χ4n) is 4.32. The number of H-pyrrole nitrogens is 1. The maximum absolute atomic E-state index is 12.6. The lowest BCUT2D eigenvalue weighted by molar-refractivity contribution is -0.140. The number of para-hydroxylation sites is 1. The molecule has 1 aromatic carbocycles. The van der Waals surface area contributed by atoms with Crippen molar-refractivity contribution in [3.63, 3.8) is 0 Å². The van der Waals surface area contributed by atoms with Gasteiger partial charge in [0.25, 0.3) is 11.8 Å². The van der Waals surface area contributed by atoms with Gasteiger partial charge in [0.1, 0.15) is 0 Å². The number of hydrazone groups is 1. The van der Waals surface area contributed by atoms with Crippen LogP contribution < -0.4 is 0 Å². The number of fused-ring (bicyclic) bond motifs is 6.